The Kier molecular flexibility index (Phi) is 7.78. The lowest BCUT2D eigenvalue weighted by Crippen LogP contribution is -2.46. The molecule has 2 N–H and O–H groups in total. The third kappa shape index (κ3) is 5.54. The smallest absolute Gasteiger partial charge is 0.335 e. The number of ether oxygens (including phenoxy) is 1. The molecule has 1 saturated heterocycles. The summed E-state index contributed by atoms with van der Waals surface area (Å²) in [5.74, 6) is -2.83. The van der Waals surface area contributed by atoms with E-state index in [2.05, 4.69) is 20.5 Å². The maximum Gasteiger partial charge on any atom is 0.335 e. The number of carboxylic acids is 1. The molecular formula is C30H26ClFN6O5. The van der Waals surface area contributed by atoms with Gasteiger partial charge in [0.1, 0.15) is 11.7 Å². The predicted octanol–water partition coefficient (Wildman–Crippen LogP) is 3.97. The molecule has 13 heteroatoms. The molecule has 0 bridgehead atoms. The van der Waals surface area contributed by atoms with Gasteiger partial charge in [-0.2, -0.15) is 0 Å². The highest BCUT2D eigenvalue weighted by molar-refractivity contribution is 6.30. The number of morpholine rings is 1. The minimum atomic E-state index is -1.09. The van der Waals surface area contributed by atoms with E-state index in [0.29, 0.717) is 44.0 Å². The maximum absolute atomic E-state index is 14.6. The first-order valence-electron chi connectivity index (χ1n) is 13.6. The zero-order valence-electron chi connectivity index (χ0n) is 22.7. The standard InChI is InChI=1S/C30H26ClFN6O5/c31-22-4-2-6-25(26(22)32)38-17-23(34-35-38)29(40)37-12-11-20-21(3-1-5-24(20)36-13-15-43-16-14-36)27(37)28(39)33-19-9-7-18(8-10-19)30(41)42/h1-10,17,27H,11-16H2,(H,33,39)(H,41,42)/t27-/m0/s1. The number of benzene rings is 3. The lowest BCUT2D eigenvalue weighted by Gasteiger charge is -2.39. The summed E-state index contributed by atoms with van der Waals surface area (Å²) in [5.41, 5.74) is 3.01. The first kappa shape index (κ1) is 28.3. The van der Waals surface area contributed by atoms with Crippen molar-refractivity contribution >= 4 is 40.8 Å². The molecule has 1 aromatic heterocycles. The Labute approximate surface area is 250 Å². The van der Waals surface area contributed by atoms with Gasteiger partial charge in [-0.05, 0) is 60.0 Å². The van der Waals surface area contributed by atoms with E-state index in [-0.39, 0.29) is 28.5 Å². The third-order valence-corrected chi connectivity index (χ3v) is 7.84. The number of halogens is 2. The summed E-state index contributed by atoms with van der Waals surface area (Å²) in [6.45, 7) is 2.80. The lowest BCUT2D eigenvalue weighted by molar-refractivity contribution is -0.121. The second-order valence-electron chi connectivity index (χ2n) is 10.1. The summed E-state index contributed by atoms with van der Waals surface area (Å²) in [6, 6.07) is 14.8. The van der Waals surface area contributed by atoms with Gasteiger partial charge in [0.2, 0.25) is 0 Å². The van der Waals surface area contributed by atoms with Gasteiger partial charge in [-0.15, -0.1) is 5.10 Å². The molecule has 43 heavy (non-hydrogen) atoms. The minimum Gasteiger partial charge on any atom is -0.478 e. The molecule has 2 aliphatic heterocycles. The Morgan fingerprint density at radius 3 is 2.44 bits per heavy atom. The highest BCUT2D eigenvalue weighted by atomic mass is 35.5. The van der Waals surface area contributed by atoms with Crippen LogP contribution >= 0.6 is 11.6 Å². The molecule has 4 aromatic rings. The molecule has 1 atom stereocenters. The minimum absolute atomic E-state index is 0.0253. The highest BCUT2D eigenvalue weighted by Crippen LogP contribution is 2.37. The maximum atomic E-state index is 14.6. The van der Waals surface area contributed by atoms with Crippen LogP contribution in [-0.4, -0.2) is 75.6 Å². The van der Waals surface area contributed by atoms with E-state index in [1.165, 1.54) is 47.5 Å². The summed E-state index contributed by atoms with van der Waals surface area (Å²) in [6.07, 6.45) is 1.79. The van der Waals surface area contributed by atoms with Crippen LogP contribution in [0.3, 0.4) is 0 Å². The summed E-state index contributed by atoms with van der Waals surface area (Å²) in [5, 5.41) is 19.9. The van der Waals surface area contributed by atoms with Crippen molar-refractivity contribution < 1.29 is 28.6 Å². The number of aromatic nitrogens is 3. The molecule has 11 nitrogen and oxygen atoms in total. The van der Waals surface area contributed by atoms with Crippen molar-refractivity contribution in [3.05, 3.63) is 100 Å². The molecule has 2 aliphatic rings. The van der Waals surface area contributed by atoms with Gasteiger partial charge < -0.3 is 25.0 Å². The topological polar surface area (TPSA) is 130 Å². The Bertz CT molecular complexity index is 1710. The van der Waals surface area contributed by atoms with Crippen LogP contribution in [0.25, 0.3) is 5.69 Å². The fourth-order valence-corrected chi connectivity index (χ4v) is 5.62. The van der Waals surface area contributed by atoms with Crippen LogP contribution in [0.15, 0.2) is 66.9 Å². The molecule has 6 rings (SSSR count). The fourth-order valence-electron chi connectivity index (χ4n) is 5.45. The van der Waals surface area contributed by atoms with Gasteiger partial charge in [-0.1, -0.05) is 35.0 Å². The second-order valence-corrected chi connectivity index (χ2v) is 10.5. The van der Waals surface area contributed by atoms with Crippen molar-refractivity contribution in [2.75, 3.05) is 43.1 Å². The molecule has 1 fully saturated rings. The van der Waals surface area contributed by atoms with E-state index >= 15 is 0 Å². The number of hydrogen-bond acceptors (Lipinski definition) is 7. The van der Waals surface area contributed by atoms with Crippen LogP contribution in [0.2, 0.25) is 5.02 Å². The first-order chi connectivity index (χ1) is 20.8. The van der Waals surface area contributed by atoms with E-state index in [1.807, 2.05) is 18.2 Å². The van der Waals surface area contributed by atoms with Gasteiger partial charge in [0, 0.05) is 31.0 Å². The van der Waals surface area contributed by atoms with Gasteiger partial charge in [0.15, 0.2) is 11.5 Å². The molecule has 2 amide bonds. The van der Waals surface area contributed by atoms with Crippen LogP contribution in [0.5, 0.6) is 0 Å². The van der Waals surface area contributed by atoms with Gasteiger partial charge in [-0.3, -0.25) is 9.59 Å². The van der Waals surface area contributed by atoms with E-state index in [1.54, 1.807) is 6.07 Å². The van der Waals surface area contributed by atoms with E-state index in [4.69, 9.17) is 16.3 Å². The van der Waals surface area contributed by atoms with Crippen LogP contribution < -0.4 is 10.2 Å². The van der Waals surface area contributed by atoms with E-state index in [0.717, 1.165) is 15.9 Å². The zero-order chi connectivity index (χ0) is 30.1. The second kappa shape index (κ2) is 11.8. The van der Waals surface area contributed by atoms with Crippen molar-refractivity contribution in [2.24, 2.45) is 0 Å². The van der Waals surface area contributed by atoms with E-state index < -0.39 is 29.6 Å². The number of amides is 2. The third-order valence-electron chi connectivity index (χ3n) is 7.55. The summed E-state index contributed by atoms with van der Waals surface area (Å²) >= 11 is 5.92. The molecule has 0 spiro atoms. The van der Waals surface area contributed by atoms with Crippen LogP contribution in [0.1, 0.15) is 38.0 Å². The number of nitrogens with zero attached hydrogens (tertiary/aromatic N) is 5. The molecule has 220 valence electrons. The SMILES string of the molecule is O=C(O)c1ccc(NC(=O)[C@@H]2c3cccc(N4CCOCC4)c3CCN2C(=O)c2cn(-c3cccc(Cl)c3F)nn2)cc1. The fraction of sp³-hybridized carbons (Fsp3) is 0.233. The Hall–Kier alpha value is -4.81. The molecule has 0 unspecified atom stereocenters. The normalized spacial score (nSPS) is 16.5. The van der Waals surface area contributed by atoms with Crippen molar-refractivity contribution in [2.45, 2.75) is 12.5 Å². The molecule has 0 saturated carbocycles. The number of nitrogens with one attached hydrogen (secondary N) is 1. The van der Waals surface area contributed by atoms with Gasteiger partial charge >= 0.3 is 5.97 Å². The van der Waals surface area contributed by atoms with Gasteiger partial charge in [0.25, 0.3) is 11.8 Å². The Balaban J connectivity index is 1.35. The number of fused-ring (bicyclic) bond motifs is 1. The molecule has 3 aromatic carbocycles. The quantitative estimate of drug-likeness (QED) is 0.338. The van der Waals surface area contributed by atoms with Crippen LogP contribution in [0.4, 0.5) is 15.8 Å². The number of hydrogen-bond donors (Lipinski definition) is 2. The van der Waals surface area contributed by atoms with Crippen molar-refractivity contribution in [1.82, 2.24) is 19.9 Å². The van der Waals surface area contributed by atoms with E-state index in [9.17, 15) is 23.9 Å². The molecule has 0 aliphatic carbocycles. The van der Waals surface area contributed by atoms with Crippen molar-refractivity contribution in [3.63, 3.8) is 0 Å². The number of carbonyl (C=O) groups is 3. The Morgan fingerprint density at radius 1 is 0.977 bits per heavy atom. The first-order valence-corrected chi connectivity index (χ1v) is 14.0. The number of aromatic carboxylic acids is 1. The summed E-state index contributed by atoms with van der Waals surface area (Å²) in [4.78, 5) is 42.7. The van der Waals surface area contributed by atoms with Crippen LogP contribution in [-0.2, 0) is 16.0 Å². The van der Waals surface area contributed by atoms with Gasteiger partial charge in [0.05, 0.1) is 30.0 Å². The molecule has 3 heterocycles. The number of carboxylic acid groups (broad SMARTS) is 1. The molecular weight excluding hydrogens is 579 g/mol. The largest absolute Gasteiger partial charge is 0.478 e. The average Bonchev–Trinajstić information content (AvgIpc) is 3.52. The monoisotopic (exact) mass is 604 g/mol. The summed E-state index contributed by atoms with van der Waals surface area (Å²) in [7, 11) is 0. The Morgan fingerprint density at radius 2 is 1.70 bits per heavy atom. The molecule has 0 radical (unpaired) electrons. The highest BCUT2D eigenvalue weighted by Gasteiger charge is 2.39. The lowest BCUT2D eigenvalue weighted by atomic mass is 9.89. The van der Waals surface area contributed by atoms with Crippen LogP contribution in [0, 0.1) is 5.82 Å². The van der Waals surface area contributed by atoms with Gasteiger partial charge in [-0.25, -0.2) is 13.9 Å². The van der Waals surface area contributed by atoms with Crippen molar-refractivity contribution in [1.29, 1.82) is 0 Å². The predicted molar refractivity (Wildman–Crippen MR) is 155 cm³/mol. The van der Waals surface area contributed by atoms with Crippen molar-refractivity contribution in [3.8, 4) is 5.69 Å². The number of anilines is 2. The zero-order valence-corrected chi connectivity index (χ0v) is 23.5. The number of rotatable bonds is 6. The number of carbonyl (C=O) groups excluding carboxylic acids is 2. The summed E-state index contributed by atoms with van der Waals surface area (Å²) < 4.78 is 21.3. The average molecular weight is 605 g/mol.